The second kappa shape index (κ2) is 6.06. The van der Waals surface area contributed by atoms with Crippen molar-refractivity contribution in [3.05, 3.63) is 35.4 Å². The first-order valence-corrected chi connectivity index (χ1v) is 7.51. The van der Waals surface area contributed by atoms with Crippen molar-refractivity contribution in [2.75, 3.05) is 19.6 Å². The molecule has 1 aliphatic heterocycles. The first kappa shape index (κ1) is 14.5. The zero-order chi connectivity index (χ0) is 13.9. The van der Waals surface area contributed by atoms with Crippen molar-refractivity contribution < 1.29 is 0 Å². The topological polar surface area (TPSA) is 29.3 Å². The Labute approximate surface area is 118 Å². The van der Waals surface area contributed by atoms with Crippen LogP contribution in [-0.4, -0.2) is 24.5 Å². The van der Waals surface area contributed by atoms with Gasteiger partial charge in [0.2, 0.25) is 0 Å². The van der Waals surface area contributed by atoms with Crippen LogP contribution < -0.4 is 5.73 Å². The van der Waals surface area contributed by atoms with Gasteiger partial charge in [-0.2, -0.15) is 0 Å². The minimum atomic E-state index is 0.141. The predicted octanol–water partition coefficient (Wildman–Crippen LogP) is 3.51. The molecule has 1 atom stereocenters. The van der Waals surface area contributed by atoms with Gasteiger partial charge in [0.1, 0.15) is 0 Å². The lowest BCUT2D eigenvalue weighted by Crippen LogP contribution is -2.33. The van der Waals surface area contributed by atoms with Crippen molar-refractivity contribution in [2.45, 2.75) is 46.1 Å². The SMILES string of the molecule is Cc1ccc(C(N)CN2CCCC(C)(C)CC2)cc1. The third kappa shape index (κ3) is 4.32. The molecule has 2 heteroatoms. The van der Waals surface area contributed by atoms with Crippen molar-refractivity contribution >= 4 is 0 Å². The van der Waals surface area contributed by atoms with Crippen LogP contribution in [0.4, 0.5) is 0 Å². The van der Waals surface area contributed by atoms with E-state index in [2.05, 4.69) is 49.9 Å². The van der Waals surface area contributed by atoms with Gasteiger partial charge in [-0.15, -0.1) is 0 Å². The molecule has 0 amide bonds. The molecular weight excluding hydrogens is 232 g/mol. The molecule has 0 spiro atoms. The summed E-state index contributed by atoms with van der Waals surface area (Å²) in [6.45, 7) is 10.3. The van der Waals surface area contributed by atoms with Crippen LogP contribution >= 0.6 is 0 Å². The summed E-state index contributed by atoms with van der Waals surface area (Å²) in [5.41, 5.74) is 9.41. The van der Waals surface area contributed by atoms with Gasteiger partial charge in [-0.25, -0.2) is 0 Å². The Morgan fingerprint density at radius 1 is 1.16 bits per heavy atom. The summed E-state index contributed by atoms with van der Waals surface area (Å²) in [4.78, 5) is 2.54. The number of hydrogen-bond acceptors (Lipinski definition) is 2. The molecule has 0 aromatic heterocycles. The maximum absolute atomic E-state index is 6.35. The minimum absolute atomic E-state index is 0.141. The zero-order valence-corrected chi connectivity index (χ0v) is 12.7. The number of rotatable bonds is 3. The number of nitrogens with zero attached hydrogens (tertiary/aromatic N) is 1. The molecule has 2 rings (SSSR count). The van der Waals surface area contributed by atoms with Crippen LogP contribution in [-0.2, 0) is 0 Å². The molecule has 1 saturated heterocycles. The Kier molecular flexibility index (Phi) is 4.64. The van der Waals surface area contributed by atoms with E-state index in [1.165, 1.54) is 43.5 Å². The molecule has 1 fully saturated rings. The van der Waals surface area contributed by atoms with Crippen molar-refractivity contribution in [3.63, 3.8) is 0 Å². The van der Waals surface area contributed by atoms with Gasteiger partial charge >= 0.3 is 0 Å². The number of benzene rings is 1. The maximum atomic E-state index is 6.35. The highest BCUT2D eigenvalue weighted by Gasteiger charge is 2.23. The molecule has 0 bridgehead atoms. The van der Waals surface area contributed by atoms with Gasteiger partial charge in [0.25, 0.3) is 0 Å². The zero-order valence-electron chi connectivity index (χ0n) is 12.7. The molecule has 2 nitrogen and oxygen atoms in total. The molecule has 2 N–H and O–H groups in total. The number of hydrogen-bond donors (Lipinski definition) is 1. The van der Waals surface area contributed by atoms with Crippen LogP contribution in [0.2, 0.25) is 0 Å². The fraction of sp³-hybridized carbons (Fsp3) is 0.647. The number of aryl methyl sites for hydroxylation is 1. The van der Waals surface area contributed by atoms with E-state index in [1.807, 2.05) is 0 Å². The molecule has 1 unspecified atom stereocenters. The van der Waals surface area contributed by atoms with Crippen LogP contribution in [0.3, 0.4) is 0 Å². The summed E-state index contributed by atoms with van der Waals surface area (Å²) < 4.78 is 0. The molecule has 106 valence electrons. The molecule has 0 saturated carbocycles. The third-order valence-electron chi connectivity index (χ3n) is 4.39. The molecule has 1 aromatic rings. The molecule has 1 heterocycles. The quantitative estimate of drug-likeness (QED) is 0.901. The Balaban J connectivity index is 1.91. The van der Waals surface area contributed by atoms with E-state index in [-0.39, 0.29) is 6.04 Å². The largest absolute Gasteiger partial charge is 0.323 e. The Hall–Kier alpha value is -0.860. The van der Waals surface area contributed by atoms with E-state index >= 15 is 0 Å². The van der Waals surface area contributed by atoms with E-state index in [0.29, 0.717) is 5.41 Å². The average Bonchev–Trinajstić information content (AvgIpc) is 2.52. The highest BCUT2D eigenvalue weighted by Crippen LogP contribution is 2.30. The fourth-order valence-corrected chi connectivity index (χ4v) is 2.86. The second-order valence-corrected chi connectivity index (χ2v) is 6.84. The molecule has 1 aromatic carbocycles. The monoisotopic (exact) mass is 260 g/mol. The van der Waals surface area contributed by atoms with Gasteiger partial charge < -0.3 is 10.6 Å². The molecule has 1 aliphatic rings. The first-order chi connectivity index (χ1) is 8.96. The lowest BCUT2D eigenvalue weighted by atomic mass is 9.85. The van der Waals surface area contributed by atoms with Crippen molar-refractivity contribution in [3.8, 4) is 0 Å². The van der Waals surface area contributed by atoms with Crippen LogP contribution in [0.5, 0.6) is 0 Å². The van der Waals surface area contributed by atoms with Crippen LogP contribution in [0.25, 0.3) is 0 Å². The van der Waals surface area contributed by atoms with E-state index < -0.39 is 0 Å². The Morgan fingerprint density at radius 2 is 1.84 bits per heavy atom. The summed E-state index contributed by atoms with van der Waals surface area (Å²) in [7, 11) is 0. The lowest BCUT2D eigenvalue weighted by molar-refractivity contribution is 0.250. The Bertz CT molecular complexity index is 394. The standard InChI is InChI=1S/C17H28N2/c1-14-5-7-15(8-6-14)16(18)13-19-11-4-9-17(2,3)10-12-19/h5-8,16H,4,9-13,18H2,1-3H3. The normalized spacial score (nSPS) is 21.9. The smallest absolute Gasteiger partial charge is 0.0424 e. The second-order valence-electron chi connectivity index (χ2n) is 6.84. The summed E-state index contributed by atoms with van der Waals surface area (Å²) in [5.74, 6) is 0. The van der Waals surface area contributed by atoms with Crippen LogP contribution in [0.1, 0.15) is 50.3 Å². The average molecular weight is 260 g/mol. The summed E-state index contributed by atoms with van der Waals surface area (Å²) in [5, 5.41) is 0. The highest BCUT2D eigenvalue weighted by molar-refractivity contribution is 5.24. The van der Waals surface area contributed by atoms with E-state index in [4.69, 9.17) is 5.73 Å². The summed E-state index contributed by atoms with van der Waals surface area (Å²) in [6, 6.07) is 8.78. The lowest BCUT2D eigenvalue weighted by Gasteiger charge is -2.25. The molecule has 0 radical (unpaired) electrons. The van der Waals surface area contributed by atoms with Crippen molar-refractivity contribution in [1.29, 1.82) is 0 Å². The number of nitrogens with two attached hydrogens (primary N) is 1. The summed E-state index contributed by atoms with van der Waals surface area (Å²) in [6.07, 6.45) is 3.92. The predicted molar refractivity (Wildman–Crippen MR) is 82.2 cm³/mol. The van der Waals surface area contributed by atoms with Gasteiger partial charge in [0.15, 0.2) is 0 Å². The van der Waals surface area contributed by atoms with Gasteiger partial charge in [-0.3, -0.25) is 0 Å². The van der Waals surface area contributed by atoms with Crippen molar-refractivity contribution in [2.24, 2.45) is 11.1 Å². The molecule has 19 heavy (non-hydrogen) atoms. The van der Waals surface area contributed by atoms with Crippen molar-refractivity contribution in [1.82, 2.24) is 4.90 Å². The van der Waals surface area contributed by atoms with E-state index in [0.717, 1.165) is 6.54 Å². The van der Waals surface area contributed by atoms with Gasteiger partial charge in [0, 0.05) is 12.6 Å². The van der Waals surface area contributed by atoms with E-state index in [1.54, 1.807) is 0 Å². The van der Waals surface area contributed by atoms with Crippen LogP contribution in [0.15, 0.2) is 24.3 Å². The maximum Gasteiger partial charge on any atom is 0.0424 e. The van der Waals surface area contributed by atoms with Gasteiger partial charge in [-0.1, -0.05) is 43.7 Å². The van der Waals surface area contributed by atoms with Crippen LogP contribution in [0, 0.1) is 12.3 Å². The minimum Gasteiger partial charge on any atom is -0.323 e. The van der Waals surface area contributed by atoms with E-state index in [9.17, 15) is 0 Å². The fourth-order valence-electron chi connectivity index (χ4n) is 2.86. The Morgan fingerprint density at radius 3 is 2.53 bits per heavy atom. The van der Waals surface area contributed by atoms with Gasteiger partial charge in [-0.05, 0) is 50.3 Å². The summed E-state index contributed by atoms with van der Waals surface area (Å²) >= 11 is 0. The van der Waals surface area contributed by atoms with Gasteiger partial charge in [0.05, 0.1) is 0 Å². The number of likely N-dealkylation sites (tertiary alicyclic amines) is 1. The third-order valence-corrected chi connectivity index (χ3v) is 4.39. The molecule has 0 aliphatic carbocycles. The molecular formula is C17H28N2. The first-order valence-electron chi connectivity index (χ1n) is 7.51. The highest BCUT2D eigenvalue weighted by atomic mass is 15.1.